The molecule has 0 aliphatic carbocycles. The number of benzene rings is 2. The molecular formula is C19H21F2N3O3. The van der Waals surface area contributed by atoms with Gasteiger partial charge in [-0.3, -0.25) is 4.79 Å². The minimum Gasteiger partial charge on any atom is -0.435 e. The molecule has 1 aliphatic rings. The van der Waals surface area contributed by atoms with E-state index in [-0.39, 0.29) is 18.2 Å². The predicted molar refractivity (Wildman–Crippen MR) is 99.7 cm³/mol. The van der Waals surface area contributed by atoms with Crippen LogP contribution in [-0.2, 0) is 9.53 Å². The molecule has 2 N–H and O–H groups in total. The number of para-hydroxylation sites is 2. The molecule has 1 amide bonds. The summed E-state index contributed by atoms with van der Waals surface area (Å²) in [5, 5.41) is 5.86. The topological polar surface area (TPSA) is 62.8 Å². The maximum absolute atomic E-state index is 12.2. The molecular weight excluding hydrogens is 356 g/mol. The molecule has 6 nitrogen and oxygen atoms in total. The van der Waals surface area contributed by atoms with Crippen molar-refractivity contribution in [3.63, 3.8) is 0 Å². The zero-order chi connectivity index (χ0) is 19.1. The molecule has 2 aromatic carbocycles. The molecule has 0 spiro atoms. The molecule has 0 unspecified atom stereocenters. The Morgan fingerprint density at radius 3 is 2.52 bits per heavy atom. The number of nitrogens with zero attached hydrogens (tertiary/aromatic N) is 1. The van der Waals surface area contributed by atoms with Crippen molar-refractivity contribution in [1.82, 2.24) is 0 Å². The average molecular weight is 377 g/mol. The fourth-order valence-corrected chi connectivity index (χ4v) is 2.80. The van der Waals surface area contributed by atoms with E-state index in [4.69, 9.17) is 4.74 Å². The monoisotopic (exact) mass is 377 g/mol. The SMILES string of the molecule is O=C(CNc1ccccc1N1CCOCC1)Nc1ccc(OC(F)F)cc1. The van der Waals surface area contributed by atoms with Crippen LogP contribution in [0.25, 0.3) is 0 Å². The van der Waals surface area contributed by atoms with Gasteiger partial charge in [-0.25, -0.2) is 0 Å². The van der Waals surface area contributed by atoms with Gasteiger partial charge in [0.25, 0.3) is 0 Å². The lowest BCUT2D eigenvalue weighted by Crippen LogP contribution is -2.36. The van der Waals surface area contributed by atoms with Crippen molar-refractivity contribution < 1.29 is 23.0 Å². The molecule has 1 fully saturated rings. The van der Waals surface area contributed by atoms with E-state index in [2.05, 4.69) is 20.3 Å². The zero-order valence-corrected chi connectivity index (χ0v) is 14.7. The summed E-state index contributed by atoms with van der Waals surface area (Å²) in [7, 11) is 0. The molecule has 3 rings (SSSR count). The van der Waals surface area contributed by atoms with Gasteiger partial charge in [0.05, 0.1) is 31.1 Å². The van der Waals surface area contributed by atoms with Crippen molar-refractivity contribution in [2.45, 2.75) is 6.61 Å². The molecule has 27 heavy (non-hydrogen) atoms. The first-order valence-electron chi connectivity index (χ1n) is 8.62. The maximum atomic E-state index is 12.2. The first kappa shape index (κ1) is 18.9. The Kier molecular flexibility index (Phi) is 6.43. The lowest BCUT2D eigenvalue weighted by atomic mass is 10.2. The highest BCUT2D eigenvalue weighted by atomic mass is 19.3. The highest BCUT2D eigenvalue weighted by Gasteiger charge is 2.15. The van der Waals surface area contributed by atoms with Crippen LogP contribution < -0.4 is 20.3 Å². The predicted octanol–water partition coefficient (Wildman–Crippen LogP) is 3.18. The van der Waals surface area contributed by atoms with Gasteiger partial charge >= 0.3 is 6.61 Å². The summed E-state index contributed by atoms with van der Waals surface area (Å²) < 4.78 is 34.0. The minimum absolute atomic E-state index is 0.0422. The Morgan fingerprint density at radius 1 is 1.11 bits per heavy atom. The molecule has 0 aromatic heterocycles. The van der Waals surface area contributed by atoms with Gasteiger partial charge in [0.2, 0.25) is 5.91 Å². The molecule has 0 atom stereocenters. The number of carbonyl (C=O) groups is 1. The third kappa shape index (κ3) is 5.55. The fraction of sp³-hybridized carbons (Fsp3) is 0.316. The van der Waals surface area contributed by atoms with E-state index >= 15 is 0 Å². The van der Waals surface area contributed by atoms with E-state index in [0.29, 0.717) is 18.9 Å². The second kappa shape index (κ2) is 9.18. The summed E-state index contributed by atoms with van der Waals surface area (Å²) >= 11 is 0. The van der Waals surface area contributed by atoms with Crippen LogP contribution in [0.1, 0.15) is 0 Å². The number of amides is 1. The quantitative estimate of drug-likeness (QED) is 0.776. The highest BCUT2D eigenvalue weighted by Crippen LogP contribution is 2.26. The number of morpholine rings is 1. The number of anilines is 3. The van der Waals surface area contributed by atoms with E-state index in [1.54, 1.807) is 0 Å². The average Bonchev–Trinajstić information content (AvgIpc) is 2.68. The van der Waals surface area contributed by atoms with Crippen LogP contribution in [-0.4, -0.2) is 45.4 Å². The van der Waals surface area contributed by atoms with Crippen molar-refractivity contribution in [2.75, 3.05) is 48.4 Å². The number of nitrogens with one attached hydrogen (secondary N) is 2. The Hall–Kier alpha value is -2.87. The Morgan fingerprint density at radius 2 is 1.81 bits per heavy atom. The molecule has 0 bridgehead atoms. The van der Waals surface area contributed by atoms with Gasteiger partial charge in [-0.1, -0.05) is 12.1 Å². The summed E-state index contributed by atoms with van der Waals surface area (Å²) in [6.07, 6.45) is 0. The van der Waals surface area contributed by atoms with Crippen LogP contribution in [0.3, 0.4) is 0 Å². The van der Waals surface area contributed by atoms with Crippen LogP contribution in [0.4, 0.5) is 25.8 Å². The van der Waals surface area contributed by atoms with Crippen molar-refractivity contribution in [3.05, 3.63) is 48.5 Å². The smallest absolute Gasteiger partial charge is 0.387 e. The highest BCUT2D eigenvalue weighted by molar-refractivity contribution is 5.94. The summed E-state index contributed by atoms with van der Waals surface area (Å²) in [5.41, 5.74) is 2.40. The van der Waals surface area contributed by atoms with Crippen molar-refractivity contribution in [3.8, 4) is 5.75 Å². The van der Waals surface area contributed by atoms with E-state index < -0.39 is 6.61 Å². The second-order valence-electron chi connectivity index (χ2n) is 5.92. The first-order valence-corrected chi connectivity index (χ1v) is 8.62. The Labute approximate surface area is 156 Å². The molecule has 0 radical (unpaired) electrons. The minimum atomic E-state index is -2.87. The molecule has 1 aliphatic heterocycles. The number of halogens is 2. The number of ether oxygens (including phenoxy) is 2. The normalized spacial score (nSPS) is 14.1. The number of rotatable bonds is 7. The van der Waals surface area contributed by atoms with E-state index in [1.807, 2.05) is 24.3 Å². The maximum Gasteiger partial charge on any atom is 0.387 e. The van der Waals surface area contributed by atoms with Gasteiger partial charge in [0.1, 0.15) is 5.75 Å². The van der Waals surface area contributed by atoms with E-state index in [9.17, 15) is 13.6 Å². The van der Waals surface area contributed by atoms with Gasteiger partial charge in [0.15, 0.2) is 0 Å². The standard InChI is InChI=1S/C19H21F2N3O3/c20-19(21)27-15-7-5-14(6-8-15)23-18(25)13-22-16-3-1-2-4-17(16)24-9-11-26-12-10-24/h1-8,19,22H,9-13H2,(H,23,25). The third-order valence-electron chi connectivity index (χ3n) is 4.06. The Bertz CT molecular complexity index is 750. The number of hydrogen-bond donors (Lipinski definition) is 2. The lowest BCUT2D eigenvalue weighted by molar-refractivity contribution is -0.114. The molecule has 0 saturated carbocycles. The van der Waals surface area contributed by atoms with E-state index in [0.717, 1.165) is 24.5 Å². The molecule has 1 heterocycles. The van der Waals surface area contributed by atoms with E-state index in [1.165, 1.54) is 24.3 Å². The van der Waals surface area contributed by atoms with Crippen LogP contribution in [0, 0.1) is 0 Å². The fourth-order valence-electron chi connectivity index (χ4n) is 2.80. The van der Waals surface area contributed by atoms with Gasteiger partial charge in [-0.15, -0.1) is 0 Å². The summed E-state index contributed by atoms with van der Waals surface area (Å²) in [5.74, 6) is -0.199. The number of alkyl halides is 2. The molecule has 8 heteroatoms. The van der Waals surface area contributed by atoms with Gasteiger partial charge in [0, 0.05) is 18.8 Å². The van der Waals surface area contributed by atoms with Crippen molar-refractivity contribution >= 4 is 23.0 Å². The third-order valence-corrected chi connectivity index (χ3v) is 4.06. The van der Waals surface area contributed by atoms with Gasteiger partial charge < -0.3 is 25.0 Å². The van der Waals surface area contributed by atoms with Crippen molar-refractivity contribution in [1.29, 1.82) is 0 Å². The Balaban J connectivity index is 1.55. The second-order valence-corrected chi connectivity index (χ2v) is 5.92. The first-order chi connectivity index (χ1) is 13.1. The van der Waals surface area contributed by atoms with Crippen LogP contribution >= 0.6 is 0 Å². The molecule has 144 valence electrons. The van der Waals surface area contributed by atoms with Gasteiger partial charge in [-0.2, -0.15) is 8.78 Å². The number of carbonyl (C=O) groups excluding carboxylic acids is 1. The van der Waals surface area contributed by atoms with Crippen LogP contribution in [0.15, 0.2) is 48.5 Å². The summed E-state index contributed by atoms with van der Waals surface area (Å²) in [6, 6.07) is 13.6. The zero-order valence-electron chi connectivity index (χ0n) is 14.7. The lowest BCUT2D eigenvalue weighted by Gasteiger charge is -2.30. The largest absolute Gasteiger partial charge is 0.435 e. The molecule has 1 saturated heterocycles. The number of hydrogen-bond acceptors (Lipinski definition) is 5. The van der Waals surface area contributed by atoms with Crippen LogP contribution in [0.5, 0.6) is 5.75 Å². The van der Waals surface area contributed by atoms with Crippen LogP contribution in [0.2, 0.25) is 0 Å². The van der Waals surface area contributed by atoms with Gasteiger partial charge in [-0.05, 0) is 36.4 Å². The summed E-state index contributed by atoms with van der Waals surface area (Å²) in [4.78, 5) is 14.4. The van der Waals surface area contributed by atoms with Crippen molar-refractivity contribution in [2.24, 2.45) is 0 Å². The summed E-state index contributed by atoms with van der Waals surface area (Å²) in [6.45, 7) is 0.174. The molecule has 2 aromatic rings.